The van der Waals surface area contributed by atoms with E-state index >= 15 is 0 Å². The molecule has 1 aliphatic rings. The highest BCUT2D eigenvalue weighted by molar-refractivity contribution is 7.99. The largest absolute Gasteiger partial charge is 0.493 e. The van der Waals surface area contributed by atoms with Gasteiger partial charge in [0.2, 0.25) is 23.2 Å². The number of para-hydroxylation sites is 1. The van der Waals surface area contributed by atoms with E-state index in [-0.39, 0.29) is 41.2 Å². The van der Waals surface area contributed by atoms with Gasteiger partial charge in [-0.15, -0.1) is 10.2 Å². The molecule has 11 heteroatoms. The van der Waals surface area contributed by atoms with Crippen LogP contribution < -0.4 is 19.1 Å². The van der Waals surface area contributed by atoms with E-state index in [2.05, 4.69) is 22.1 Å². The monoisotopic (exact) mass is 556 g/mol. The zero-order valence-electron chi connectivity index (χ0n) is 21.7. The van der Waals surface area contributed by atoms with Crippen LogP contribution in [0.3, 0.4) is 0 Å². The summed E-state index contributed by atoms with van der Waals surface area (Å²) >= 11 is 8.07. The lowest BCUT2D eigenvalue weighted by atomic mass is 10.1. The molecule has 38 heavy (non-hydrogen) atoms. The maximum absolute atomic E-state index is 13.4. The quantitative estimate of drug-likeness (QED) is 0.131. The third-order valence-electron chi connectivity index (χ3n) is 5.85. The van der Waals surface area contributed by atoms with Gasteiger partial charge in [-0.1, -0.05) is 68.8 Å². The number of nitrogens with zero attached hydrogens (tertiary/aromatic N) is 4. The first-order chi connectivity index (χ1) is 18.4. The highest BCUT2D eigenvalue weighted by Crippen LogP contribution is 2.46. The summed E-state index contributed by atoms with van der Waals surface area (Å²) in [6.45, 7) is 5.58. The Labute approximate surface area is 230 Å². The van der Waals surface area contributed by atoms with Gasteiger partial charge in [-0.05, 0) is 24.6 Å². The molecular weight excluding hydrogens is 528 g/mol. The van der Waals surface area contributed by atoms with Crippen molar-refractivity contribution in [3.63, 3.8) is 0 Å². The molecular formula is C27H29ClN4O5S. The van der Waals surface area contributed by atoms with Gasteiger partial charge in [-0.3, -0.25) is 14.5 Å². The van der Waals surface area contributed by atoms with Gasteiger partial charge in [0, 0.05) is 29.7 Å². The number of amides is 1. The molecule has 0 spiro atoms. The highest BCUT2D eigenvalue weighted by atomic mass is 35.5. The lowest BCUT2D eigenvalue weighted by Crippen LogP contribution is -2.37. The van der Waals surface area contributed by atoms with E-state index in [1.807, 2.05) is 24.3 Å². The molecule has 1 atom stereocenters. The van der Waals surface area contributed by atoms with Gasteiger partial charge >= 0.3 is 5.97 Å². The van der Waals surface area contributed by atoms with Gasteiger partial charge in [-0.25, -0.2) is 0 Å². The number of ether oxygens (including phenoxy) is 3. The number of aromatic nitrogens is 3. The zero-order valence-corrected chi connectivity index (χ0v) is 23.3. The summed E-state index contributed by atoms with van der Waals surface area (Å²) in [6.07, 6.45) is 1.50. The number of methoxy groups -OCH3 is 1. The van der Waals surface area contributed by atoms with Crippen molar-refractivity contribution in [2.75, 3.05) is 17.8 Å². The smallest absolute Gasteiger partial charge is 0.311 e. The first-order valence-electron chi connectivity index (χ1n) is 12.4. The summed E-state index contributed by atoms with van der Waals surface area (Å²) in [6, 6.07) is 10.6. The molecule has 0 aliphatic carbocycles. The topological polar surface area (TPSA) is 104 Å². The summed E-state index contributed by atoms with van der Waals surface area (Å²) in [5.74, 6) is 0.798. The van der Waals surface area contributed by atoms with Gasteiger partial charge in [0.1, 0.15) is 0 Å². The molecule has 0 saturated carbocycles. The number of fused-ring (bicyclic) bond motifs is 3. The number of esters is 1. The standard InChI is InChI=1S/C27H29ClN4O5S/c1-5-8-13-38-27-29-25-23(30-31-27)17-11-9-10-12-19(17)32(21(33)6-2)26(37-25)16-14-18(28)24(20(15-16)35-4)36-22(34)7-3/h9-12,14-15,26H,5-8,13H2,1-4H3/t26-/m1/s1. The Hall–Kier alpha value is -3.37. The fraction of sp³-hybridized carbons (Fsp3) is 0.370. The Morgan fingerprint density at radius 2 is 1.92 bits per heavy atom. The molecule has 0 bridgehead atoms. The van der Waals surface area contributed by atoms with Crippen molar-refractivity contribution in [1.29, 1.82) is 0 Å². The van der Waals surface area contributed by atoms with E-state index in [4.69, 9.17) is 25.8 Å². The third kappa shape index (κ3) is 5.71. The number of thioether (sulfide) groups is 1. The van der Waals surface area contributed by atoms with Crippen LogP contribution >= 0.6 is 23.4 Å². The fourth-order valence-electron chi connectivity index (χ4n) is 3.91. The molecule has 1 aliphatic heterocycles. The maximum Gasteiger partial charge on any atom is 0.311 e. The number of benzene rings is 2. The molecule has 1 aromatic heterocycles. The number of carbonyl (C=O) groups is 2. The van der Waals surface area contributed by atoms with Crippen molar-refractivity contribution >= 4 is 40.9 Å². The molecule has 0 fully saturated rings. The molecule has 0 radical (unpaired) electrons. The van der Waals surface area contributed by atoms with Gasteiger partial charge in [0.15, 0.2) is 17.2 Å². The fourth-order valence-corrected chi connectivity index (χ4v) is 5.03. The zero-order chi connectivity index (χ0) is 27.2. The van der Waals surface area contributed by atoms with Crippen molar-refractivity contribution in [3.8, 4) is 28.6 Å². The van der Waals surface area contributed by atoms with Crippen LogP contribution in [0.4, 0.5) is 5.69 Å². The first-order valence-corrected chi connectivity index (χ1v) is 13.8. The van der Waals surface area contributed by atoms with Crippen molar-refractivity contribution < 1.29 is 23.8 Å². The Balaban J connectivity index is 1.88. The second kappa shape index (κ2) is 12.4. The molecule has 0 N–H and O–H groups in total. The molecule has 1 amide bonds. The molecule has 200 valence electrons. The average Bonchev–Trinajstić information content (AvgIpc) is 3.08. The Bertz CT molecular complexity index is 1340. The minimum absolute atomic E-state index is 0.103. The van der Waals surface area contributed by atoms with E-state index in [0.29, 0.717) is 27.7 Å². The molecule has 2 aromatic carbocycles. The summed E-state index contributed by atoms with van der Waals surface area (Å²) in [5, 5.41) is 9.39. The molecule has 3 aromatic rings. The number of rotatable bonds is 9. The van der Waals surface area contributed by atoms with Crippen LogP contribution in [0.2, 0.25) is 5.02 Å². The molecule has 9 nitrogen and oxygen atoms in total. The maximum atomic E-state index is 13.4. The number of hydrogen-bond acceptors (Lipinski definition) is 9. The van der Waals surface area contributed by atoms with Crippen molar-refractivity contribution in [2.45, 2.75) is 57.8 Å². The van der Waals surface area contributed by atoms with Gasteiger partial charge in [-0.2, -0.15) is 4.98 Å². The number of anilines is 1. The van der Waals surface area contributed by atoms with E-state index in [1.165, 1.54) is 18.9 Å². The van der Waals surface area contributed by atoms with Gasteiger partial charge in [0.25, 0.3) is 0 Å². The molecule has 0 unspecified atom stereocenters. The van der Waals surface area contributed by atoms with Crippen LogP contribution in [0.25, 0.3) is 11.3 Å². The predicted molar refractivity (Wildman–Crippen MR) is 146 cm³/mol. The summed E-state index contributed by atoms with van der Waals surface area (Å²) in [4.78, 5) is 31.6. The average molecular weight is 557 g/mol. The van der Waals surface area contributed by atoms with Crippen LogP contribution in [0.5, 0.6) is 17.4 Å². The number of hydrogen-bond donors (Lipinski definition) is 0. The first kappa shape index (κ1) is 27.7. The van der Waals surface area contributed by atoms with E-state index in [0.717, 1.165) is 18.6 Å². The predicted octanol–water partition coefficient (Wildman–Crippen LogP) is 6.24. The molecule has 2 heterocycles. The molecule has 4 rings (SSSR count). The lowest BCUT2D eigenvalue weighted by molar-refractivity contribution is -0.134. The van der Waals surface area contributed by atoms with E-state index in [1.54, 1.807) is 30.9 Å². The van der Waals surface area contributed by atoms with Crippen LogP contribution in [-0.4, -0.2) is 39.9 Å². The second-order valence-electron chi connectivity index (χ2n) is 8.42. The SMILES string of the molecule is CCCCSc1nnc2c(n1)O[C@H](c1cc(Cl)c(OC(=O)CC)c(OC)c1)N(C(=O)CC)c1ccccc1-2. The van der Waals surface area contributed by atoms with Crippen molar-refractivity contribution in [2.24, 2.45) is 0 Å². The van der Waals surface area contributed by atoms with Crippen LogP contribution in [0, 0.1) is 0 Å². The van der Waals surface area contributed by atoms with Crippen molar-refractivity contribution in [1.82, 2.24) is 15.2 Å². The third-order valence-corrected chi connectivity index (χ3v) is 7.06. The van der Waals surface area contributed by atoms with Gasteiger partial charge in [0.05, 0.1) is 17.8 Å². The van der Waals surface area contributed by atoms with E-state index in [9.17, 15) is 9.59 Å². The van der Waals surface area contributed by atoms with Gasteiger partial charge < -0.3 is 14.2 Å². The Kier molecular flexibility index (Phi) is 9.06. The van der Waals surface area contributed by atoms with E-state index < -0.39 is 12.2 Å². The normalized spacial score (nSPS) is 14.1. The minimum Gasteiger partial charge on any atom is -0.493 e. The summed E-state index contributed by atoms with van der Waals surface area (Å²) in [7, 11) is 1.45. The number of halogens is 1. The summed E-state index contributed by atoms with van der Waals surface area (Å²) < 4.78 is 17.4. The van der Waals surface area contributed by atoms with Crippen molar-refractivity contribution in [3.05, 3.63) is 47.0 Å². The Morgan fingerprint density at radius 3 is 2.63 bits per heavy atom. The lowest BCUT2D eigenvalue weighted by Gasteiger charge is -2.31. The number of unbranched alkanes of at least 4 members (excludes halogenated alkanes) is 1. The van der Waals surface area contributed by atoms with Crippen LogP contribution in [0.1, 0.15) is 58.2 Å². The van der Waals surface area contributed by atoms with Crippen LogP contribution in [-0.2, 0) is 9.59 Å². The second-order valence-corrected chi connectivity index (χ2v) is 9.89. The highest BCUT2D eigenvalue weighted by Gasteiger charge is 2.36. The Morgan fingerprint density at radius 1 is 1.13 bits per heavy atom. The summed E-state index contributed by atoms with van der Waals surface area (Å²) in [5.41, 5.74) is 2.21. The molecule has 0 saturated heterocycles. The minimum atomic E-state index is -0.961. The number of carbonyl (C=O) groups excluding carboxylic acids is 2. The van der Waals surface area contributed by atoms with Crippen LogP contribution in [0.15, 0.2) is 41.6 Å².